The number of benzene rings is 2. The summed E-state index contributed by atoms with van der Waals surface area (Å²) in [6.07, 6.45) is 0. The number of nitrogens with one attached hydrogen (secondary N) is 1. The fraction of sp³-hybridized carbons (Fsp3) is 0.278. The lowest BCUT2D eigenvalue weighted by molar-refractivity contribution is 0.172. The Bertz CT molecular complexity index is 849. The first kappa shape index (κ1) is 18.9. The number of sulfonamides is 1. The highest BCUT2D eigenvalue weighted by Crippen LogP contribution is 2.17. The van der Waals surface area contributed by atoms with Crippen molar-refractivity contribution in [2.75, 3.05) is 26.2 Å². The van der Waals surface area contributed by atoms with Gasteiger partial charge in [0.05, 0.1) is 4.90 Å². The van der Waals surface area contributed by atoms with E-state index in [0.717, 1.165) is 10.0 Å². The minimum absolute atomic E-state index is 0.176. The van der Waals surface area contributed by atoms with E-state index in [0.29, 0.717) is 32.7 Å². The van der Waals surface area contributed by atoms with E-state index in [9.17, 15) is 13.2 Å². The Morgan fingerprint density at radius 1 is 0.962 bits per heavy atom. The van der Waals surface area contributed by atoms with Gasteiger partial charge in [-0.05, 0) is 29.8 Å². The standard InChI is InChI=1S/C18H20BrN3O3S/c19-16-8-6-15(7-9-16)14-20-18(23)21-10-12-22(13-11-21)26(24,25)17-4-2-1-3-5-17/h1-9H,10-14H2,(H,20,23). The van der Waals surface area contributed by atoms with Crippen LogP contribution in [0, 0.1) is 0 Å². The molecule has 0 saturated carbocycles. The summed E-state index contributed by atoms with van der Waals surface area (Å²) in [7, 11) is -3.50. The first-order valence-electron chi connectivity index (χ1n) is 8.29. The second kappa shape index (κ2) is 8.20. The molecule has 1 aliphatic rings. The van der Waals surface area contributed by atoms with Crippen LogP contribution in [0.25, 0.3) is 0 Å². The molecule has 2 amide bonds. The Morgan fingerprint density at radius 2 is 1.58 bits per heavy atom. The third-order valence-electron chi connectivity index (χ3n) is 4.26. The normalized spacial score (nSPS) is 15.7. The molecule has 3 rings (SSSR count). The zero-order valence-electron chi connectivity index (χ0n) is 14.1. The molecule has 2 aromatic carbocycles. The molecule has 0 spiro atoms. The maximum atomic E-state index is 12.6. The van der Waals surface area contributed by atoms with E-state index in [1.54, 1.807) is 35.2 Å². The average Bonchev–Trinajstić information content (AvgIpc) is 2.68. The third-order valence-corrected chi connectivity index (χ3v) is 6.71. The molecule has 6 nitrogen and oxygen atoms in total. The lowest BCUT2D eigenvalue weighted by Crippen LogP contribution is -2.52. The van der Waals surface area contributed by atoms with Crippen molar-refractivity contribution in [3.8, 4) is 0 Å². The van der Waals surface area contributed by atoms with Gasteiger partial charge in [-0.15, -0.1) is 0 Å². The summed E-state index contributed by atoms with van der Waals surface area (Å²) in [5, 5.41) is 2.88. The predicted molar refractivity (Wildman–Crippen MR) is 103 cm³/mol. The van der Waals surface area contributed by atoms with E-state index < -0.39 is 10.0 Å². The number of rotatable bonds is 4. The van der Waals surface area contributed by atoms with Crippen LogP contribution in [0.4, 0.5) is 4.79 Å². The van der Waals surface area contributed by atoms with Crippen LogP contribution in [-0.4, -0.2) is 49.8 Å². The molecule has 0 unspecified atom stereocenters. The lowest BCUT2D eigenvalue weighted by Gasteiger charge is -2.34. The van der Waals surface area contributed by atoms with E-state index in [-0.39, 0.29) is 10.9 Å². The van der Waals surface area contributed by atoms with Gasteiger partial charge in [-0.25, -0.2) is 13.2 Å². The van der Waals surface area contributed by atoms with Crippen LogP contribution >= 0.6 is 15.9 Å². The molecule has 1 saturated heterocycles. The highest BCUT2D eigenvalue weighted by molar-refractivity contribution is 9.10. The van der Waals surface area contributed by atoms with Crippen molar-refractivity contribution in [2.24, 2.45) is 0 Å². The van der Waals surface area contributed by atoms with Crippen molar-refractivity contribution in [1.29, 1.82) is 0 Å². The van der Waals surface area contributed by atoms with Gasteiger partial charge in [-0.2, -0.15) is 4.31 Å². The van der Waals surface area contributed by atoms with Crippen molar-refractivity contribution < 1.29 is 13.2 Å². The summed E-state index contributed by atoms with van der Waals surface area (Å²) >= 11 is 3.38. The highest BCUT2D eigenvalue weighted by Gasteiger charge is 2.29. The summed E-state index contributed by atoms with van der Waals surface area (Å²) in [6.45, 7) is 1.77. The maximum Gasteiger partial charge on any atom is 0.317 e. The van der Waals surface area contributed by atoms with Crippen LogP contribution in [-0.2, 0) is 16.6 Å². The van der Waals surface area contributed by atoms with E-state index in [2.05, 4.69) is 21.2 Å². The summed E-state index contributed by atoms with van der Waals surface area (Å²) in [4.78, 5) is 14.2. The van der Waals surface area contributed by atoms with Gasteiger partial charge in [0.25, 0.3) is 0 Å². The van der Waals surface area contributed by atoms with Crippen molar-refractivity contribution >= 4 is 32.0 Å². The van der Waals surface area contributed by atoms with Crippen LogP contribution in [0.3, 0.4) is 0 Å². The zero-order valence-corrected chi connectivity index (χ0v) is 16.5. The predicted octanol–water partition coefficient (Wildman–Crippen LogP) is 2.67. The largest absolute Gasteiger partial charge is 0.334 e. The number of nitrogens with zero attached hydrogens (tertiary/aromatic N) is 2. The molecule has 0 bridgehead atoms. The lowest BCUT2D eigenvalue weighted by atomic mass is 10.2. The molecule has 0 radical (unpaired) electrons. The van der Waals surface area contributed by atoms with Crippen molar-refractivity contribution in [2.45, 2.75) is 11.4 Å². The first-order chi connectivity index (χ1) is 12.5. The highest BCUT2D eigenvalue weighted by atomic mass is 79.9. The minimum atomic E-state index is -3.50. The van der Waals surface area contributed by atoms with Crippen molar-refractivity contribution in [3.05, 3.63) is 64.6 Å². The number of urea groups is 1. The summed E-state index contributed by atoms with van der Waals surface area (Å²) < 4.78 is 27.6. The molecule has 0 atom stereocenters. The Morgan fingerprint density at radius 3 is 2.19 bits per heavy atom. The van der Waals surface area contributed by atoms with Gasteiger partial charge < -0.3 is 10.2 Å². The molecule has 0 aliphatic carbocycles. The molecular formula is C18H20BrN3O3S. The van der Waals surface area contributed by atoms with Gasteiger partial charge in [0.1, 0.15) is 0 Å². The van der Waals surface area contributed by atoms with Crippen LogP contribution in [0.1, 0.15) is 5.56 Å². The number of hydrogen-bond acceptors (Lipinski definition) is 3. The monoisotopic (exact) mass is 437 g/mol. The fourth-order valence-corrected chi connectivity index (χ4v) is 4.47. The Hall–Kier alpha value is -1.90. The first-order valence-corrected chi connectivity index (χ1v) is 10.5. The van der Waals surface area contributed by atoms with Crippen LogP contribution in [0.15, 0.2) is 64.0 Å². The number of piperazine rings is 1. The molecule has 0 aromatic heterocycles. The number of halogens is 1. The summed E-state index contributed by atoms with van der Waals surface area (Å²) in [6, 6.07) is 15.9. The van der Waals surface area contributed by atoms with Gasteiger partial charge in [-0.1, -0.05) is 46.3 Å². The van der Waals surface area contributed by atoms with E-state index >= 15 is 0 Å². The molecular weight excluding hydrogens is 418 g/mol. The average molecular weight is 438 g/mol. The zero-order chi connectivity index (χ0) is 18.6. The Balaban J connectivity index is 1.53. The van der Waals surface area contributed by atoms with E-state index in [1.807, 2.05) is 24.3 Å². The summed E-state index contributed by atoms with van der Waals surface area (Å²) in [5.41, 5.74) is 1.01. The quantitative estimate of drug-likeness (QED) is 0.798. The molecule has 138 valence electrons. The van der Waals surface area contributed by atoms with Crippen molar-refractivity contribution in [3.63, 3.8) is 0 Å². The smallest absolute Gasteiger partial charge is 0.317 e. The Kier molecular flexibility index (Phi) is 5.95. The van der Waals surface area contributed by atoms with Crippen LogP contribution < -0.4 is 5.32 Å². The molecule has 1 fully saturated rings. The van der Waals surface area contributed by atoms with Crippen molar-refractivity contribution in [1.82, 2.24) is 14.5 Å². The molecule has 1 aliphatic heterocycles. The second-order valence-electron chi connectivity index (χ2n) is 5.99. The molecule has 26 heavy (non-hydrogen) atoms. The van der Waals surface area contributed by atoms with Gasteiger partial charge in [0.15, 0.2) is 0 Å². The van der Waals surface area contributed by atoms with Crippen LogP contribution in [0.5, 0.6) is 0 Å². The molecule has 2 aromatic rings. The van der Waals surface area contributed by atoms with Gasteiger partial charge in [-0.3, -0.25) is 0 Å². The number of carbonyl (C=O) groups is 1. The molecule has 8 heteroatoms. The SMILES string of the molecule is O=C(NCc1ccc(Br)cc1)N1CCN(S(=O)(=O)c2ccccc2)CC1. The molecule has 1 N–H and O–H groups in total. The fourth-order valence-electron chi connectivity index (χ4n) is 2.76. The van der Waals surface area contributed by atoms with Gasteiger partial charge in [0.2, 0.25) is 10.0 Å². The second-order valence-corrected chi connectivity index (χ2v) is 8.84. The van der Waals surface area contributed by atoms with Crippen LogP contribution in [0.2, 0.25) is 0 Å². The third kappa shape index (κ3) is 4.44. The van der Waals surface area contributed by atoms with Gasteiger partial charge >= 0.3 is 6.03 Å². The summed E-state index contributed by atoms with van der Waals surface area (Å²) in [5.74, 6) is 0. The Labute approximate surface area is 162 Å². The molecule has 1 heterocycles. The topological polar surface area (TPSA) is 69.7 Å². The number of carbonyl (C=O) groups excluding carboxylic acids is 1. The van der Waals surface area contributed by atoms with E-state index in [4.69, 9.17) is 0 Å². The minimum Gasteiger partial charge on any atom is -0.334 e. The van der Waals surface area contributed by atoms with Gasteiger partial charge in [0, 0.05) is 37.2 Å². The maximum absolute atomic E-state index is 12.6. The van der Waals surface area contributed by atoms with E-state index in [1.165, 1.54) is 4.31 Å². The number of amides is 2. The number of hydrogen-bond donors (Lipinski definition) is 1.